The summed E-state index contributed by atoms with van der Waals surface area (Å²) in [5, 5.41) is 0. The predicted molar refractivity (Wildman–Crippen MR) is 90.7 cm³/mol. The Morgan fingerprint density at radius 2 is 1.46 bits per heavy atom. The van der Waals surface area contributed by atoms with Crippen molar-refractivity contribution >= 4 is 11.6 Å². The molecule has 118 valence electrons. The molecule has 1 aliphatic rings. The molecule has 0 atom stereocenters. The van der Waals surface area contributed by atoms with E-state index >= 15 is 0 Å². The zero-order valence-electron chi connectivity index (χ0n) is 13.4. The maximum Gasteiger partial charge on any atom is 0.210 e. The van der Waals surface area contributed by atoms with Gasteiger partial charge in [-0.15, -0.1) is 0 Å². The van der Waals surface area contributed by atoms with E-state index in [1.54, 1.807) is 42.0 Å². The smallest absolute Gasteiger partial charge is 0.210 e. The number of methoxy groups -OCH3 is 1. The normalized spacial score (nSPS) is 12.8. The minimum absolute atomic E-state index is 0.101. The number of ketones is 2. The van der Waals surface area contributed by atoms with Crippen molar-refractivity contribution in [1.29, 1.82) is 0 Å². The highest BCUT2D eigenvalue weighted by atomic mass is 16.5. The molecule has 2 aromatic carbocycles. The van der Waals surface area contributed by atoms with Gasteiger partial charge in [0.1, 0.15) is 11.4 Å². The molecule has 4 heteroatoms. The van der Waals surface area contributed by atoms with Crippen LogP contribution >= 0.6 is 0 Å². The summed E-state index contributed by atoms with van der Waals surface area (Å²) in [5.41, 5.74) is 3.62. The standard InChI is InChI=1S/C20H15NO3/c1-21-17(12-7-9-13(24-2)10-8-12)11-16-18(21)20(23)15-6-4-3-5-14(15)19(16)22/h3-11H,1-2H3. The molecule has 0 amide bonds. The van der Waals surface area contributed by atoms with E-state index in [9.17, 15) is 9.59 Å². The highest BCUT2D eigenvalue weighted by Crippen LogP contribution is 2.33. The third-order valence-electron chi connectivity index (χ3n) is 4.49. The third-order valence-corrected chi connectivity index (χ3v) is 4.49. The van der Waals surface area contributed by atoms with Gasteiger partial charge in [0.15, 0.2) is 5.78 Å². The van der Waals surface area contributed by atoms with Crippen molar-refractivity contribution in [2.24, 2.45) is 7.05 Å². The van der Waals surface area contributed by atoms with Crippen molar-refractivity contribution in [3.63, 3.8) is 0 Å². The Hall–Kier alpha value is -3.14. The third kappa shape index (κ3) is 1.93. The van der Waals surface area contributed by atoms with Gasteiger partial charge in [-0.25, -0.2) is 0 Å². The summed E-state index contributed by atoms with van der Waals surface area (Å²) in [4.78, 5) is 25.6. The monoisotopic (exact) mass is 317 g/mol. The minimum Gasteiger partial charge on any atom is -0.497 e. The molecule has 1 aromatic heterocycles. The number of carbonyl (C=O) groups is 2. The van der Waals surface area contributed by atoms with Crippen molar-refractivity contribution in [1.82, 2.24) is 4.57 Å². The quantitative estimate of drug-likeness (QED) is 0.569. The number of hydrogen-bond acceptors (Lipinski definition) is 3. The SMILES string of the molecule is COc1ccc(-c2cc3c(n2C)C(=O)c2ccccc2C3=O)cc1. The summed E-state index contributed by atoms with van der Waals surface area (Å²) in [7, 11) is 3.43. The van der Waals surface area contributed by atoms with E-state index in [0.29, 0.717) is 22.4 Å². The van der Waals surface area contributed by atoms with Crippen LogP contribution in [0.4, 0.5) is 0 Å². The van der Waals surface area contributed by atoms with Crippen LogP contribution in [0.25, 0.3) is 11.3 Å². The largest absolute Gasteiger partial charge is 0.497 e. The Morgan fingerprint density at radius 3 is 2.08 bits per heavy atom. The van der Waals surface area contributed by atoms with E-state index in [1.807, 2.05) is 31.3 Å². The zero-order chi connectivity index (χ0) is 16.8. The van der Waals surface area contributed by atoms with Gasteiger partial charge in [0.2, 0.25) is 5.78 Å². The Morgan fingerprint density at radius 1 is 0.833 bits per heavy atom. The summed E-state index contributed by atoms with van der Waals surface area (Å²) < 4.78 is 6.98. The molecular formula is C20H15NO3. The summed E-state index contributed by atoms with van der Waals surface area (Å²) in [6.45, 7) is 0. The van der Waals surface area contributed by atoms with Gasteiger partial charge in [-0.05, 0) is 35.9 Å². The fourth-order valence-electron chi connectivity index (χ4n) is 3.24. The van der Waals surface area contributed by atoms with Crippen molar-refractivity contribution in [3.05, 3.63) is 77.0 Å². The number of rotatable bonds is 2. The Balaban J connectivity index is 1.90. The first kappa shape index (κ1) is 14.5. The second-order valence-electron chi connectivity index (χ2n) is 5.78. The molecule has 1 aliphatic carbocycles. The molecule has 0 unspecified atom stereocenters. The molecule has 0 aliphatic heterocycles. The van der Waals surface area contributed by atoms with Crippen LogP contribution in [0.15, 0.2) is 54.6 Å². The molecule has 0 fully saturated rings. The molecule has 0 saturated carbocycles. The van der Waals surface area contributed by atoms with E-state index in [-0.39, 0.29) is 11.6 Å². The van der Waals surface area contributed by atoms with E-state index in [4.69, 9.17) is 4.74 Å². The fourth-order valence-corrected chi connectivity index (χ4v) is 3.24. The topological polar surface area (TPSA) is 48.3 Å². The van der Waals surface area contributed by atoms with Crippen LogP contribution in [0, 0.1) is 0 Å². The first-order chi connectivity index (χ1) is 11.6. The van der Waals surface area contributed by atoms with E-state index in [2.05, 4.69) is 0 Å². The second-order valence-corrected chi connectivity index (χ2v) is 5.78. The second kappa shape index (κ2) is 5.20. The number of benzene rings is 2. The first-order valence-corrected chi connectivity index (χ1v) is 7.64. The molecule has 0 spiro atoms. The molecule has 1 heterocycles. The van der Waals surface area contributed by atoms with Crippen LogP contribution in [-0.4, -0.2) is 23.2 Å². The lowest BCUT2D eigenvalue weighted by Gasteiger charge is -2.15. The van der Waals surface area contributed by atoms with Gasteiger partial charge in [0.05, 0.1) is 12.7 Å². The van der Waals surface area contributed by atoms with Crippen LogP contribution in [0.5, 0.6) is 5.75 Å². The molecule has 0 N–H and O–H groups in total. The molecule has 0 saturated heterocycles. The Labute approximate surface area is 139 Å². The maximum atomic E-state index is 12.8. The lowest BCUT2D eigenvalue weighted by atomic mass is 9.88. The molecule has 3 aromatic rings. The van der Waals surface area contributed by atoms with Crippen molar-refractivity contribution in [3.8, 4) is 17.0 Å². The number of nitrogens with zero attached hydrogens (tertiary/aromatic N) is 1. The van der Waals surface area contributed by atoms with E-state index in [0.717, 1.165) is 17.0 Å². The van der Waals surface area contributed by atoms with Gasteiger partial charge >= 0.3 is 0 Å². The molecular weight excluding hydrogens is 302 g/mol. The Kier molecular flexibility index (Phi) is 3.13. The first-order valence-electron chi connectivity index (χ1n) is 7.64. The number of carbonyl (C=O) groups excluding carboxylic acids is 2. The predicted octanol–water partition coefficient (Wildman–Crippen LogP) is 3.48. The van der Waals surface area contributed by atoms with Crippen molar-refractivity contribution in [2.45, 2.75) is 0 Å². The lowest BCUT2D eigenvalue weighted by Crippen LogP contribution is -2.21. The molecule has 4 rings (SSSR count). The Bertz CT molecular complexity index is 981. The number of fused-ring (bicyclic) bond motifs is 2. The summed E-state index contributed by atoms with van der Waals surface area (Å²) in [6, 6.07) is 16.3. The van der Waals surface area contributed by atoms with E-state index in [1.165, 1.54) is 0 Å². The van der Waals surface area contributed by atoms with Gasteiger partial charge in [-0.1, -0.05) is 24.3 Å². The van der Waals surface area contributed by atoms with Gasteiger partial charge in [-0.3, -0.25) is 9.59 Å². The number of aromatic nitrogens is 1. The van der Waals surface area contributed by atoms with Crippen LogP contribution < -0.4 is 4.74 Å². The molecule has 0 radical (unpaired) electrons. The summed E-state index contributed by atoms with van der Waals surface area (Å²) in [6.07, 6.45) is 0. The summed E-state index contributed by atoms with van der Waals surface area (Å²) in [5.74, 6) is 0.551. The van der Waals surface area contributed by atoms with Crippen LogP contribution in [-0.2, 0) is 7.05 Å². The fraction of sp³-hybridized carbons (Fsp3) is 0.100. The summed E-state index contributed by atoms with van der Waals surface area (Å²) >= 11 is 0. The minimum atomic E-state index is -0.109. The highest BCUT2D eigenvalue weighted by molar-refractivity contribution is 6.28. The van der Waals surface area contributed by atoms with Gasteiger partial charge in [-0.2, -0.15) is 0 Å². The van der Waals surface area contributed by atoms with E-state index < -0.39 is 0 Å². The molecule has 24 heavy (non-hydrogen) atoms. The highest BCUT2D eigenvalue weighted by Gasteiger charge is 2.33. The van der Waals surface area contributed by atoms with Gasteiger partial charge in [0, 0.05) is 23.9 Å². The average Bonchev–Trinajstić information content (AvgIpc) is 2.97. The van der Waals surface area contributed by atoms with Gasteiger partial charge in [0.25, 0.3) is 0 Å². The van der Waals surface area contributed by atoms with Crippen LogP contribution in [0.2, 0.25) is 0 Å². The van der Waals surface area contributed by atoms with Crippen molar-refractivity contribution in [2.75, 3.05) is 7.11 Å². The lowest BCUT2D eigenvalue weighted by molar-refractivity contribution is 0.0974. The van der Waals surface area contributed by atoms with Gasteiger partial charge < -0.3 is 9.30 Å². The van der Waals surface area contributed by atoms with Crippen LogP contribution in [0.3, 0.4) is 0 Å². The zero-order valence-corrected chi connectivity index (χ0v) is 13.4. The number of ether oxygens (including phenoxy) is 1. The number of hydrogen-bond donors (Lipinski definition) is 0. The van der Waals surface area contributed by atoms with Crippen LogP contribution in [0.1, 0.15) is 32.0 Å². The van der Waals surface area contributed by atoms with Crippen molar-refractivity contribution < 1.29 is 14.3 Å². The molecule has 0 bridgehead atoms. The maximum absolute atomic E-state index is 12.8. The average molecular weight is 317 g/mol. The molecule has 4 nitrogen and oxygen atoms in total.